The highest BCUT2D eigenvalue weighted by Gasteiger charge is 1.98. The maximum absolute atomic E-state index is 10.2. The van der Waals surface area contributed by atoms with Crippen LogP contribution in [0.4, 0.5) is 0 Å². The van der Waals surface area contributed by atoms with E-state index in [1.165, 1.54) is 0 Å². The Balaban J connectivity index is 2.97. The van der Waals surface area contributed by atoms with Crippen molar-refractivity contribution >= 4 is 5.97 Å². The van der Waals surface area contributed by atoms with Crippen molar-refractivity contribution in [2.24, 2.45) is 0 Å². The second kappa shape index (κ2) is 4.93. The van der Waals surface area contributed by atoms with Crippen LogP contribution in [0.2, 0.25) is 0 Å². The van der Waals surface area contributed by atoms with Gasteiger partial charge in [-0.05, 0) is 19.1 Å². The van der Waals surface area contributed by atoms with Gasteiger partial charge in [0, 0.05) is 5.92 Å². The SMILES string of the molecule is CCOc1ccccc1C#CC(=O)O. The van der Waals surface area contributed by atoms with E-state index in [4.69, 9.17) is 9.84 Å². The molecule has 0 aliphatic carbocycles. The average Bonchev–Trinajstić information content (AvgIpc) is 2.17. The van der Waals surface area contributed by atoms with Gasteiger partial charge in [0.15, 0.2) is 0 Å². The molecule has 0 aliphatic rings. The number of hydrogen-bond donors (Lipinski definition) is 1. The number of carboxylic acid groups (broad SMARTS) is 1. The first-order chi connectivity index (χ1) is 6.74. The van der Waals surface area contributed by atoms with Gasteiger partial charge in [-0.2, -0.15) is 0 Å². The minimum Gasteiger partial charge on any atom is -0.493 e. The number of para-hydroxylation sites is 1. The summed E-state index contributed by atoms with van der Waals surface area (Å²) in [5, 5.41) is 8.38. The fourth-order valence-corrected chi connectivity index (χ4v) is 0.972. The monoisotopic (exact) mass is 190 g/mol. The van der Waals surface area contributed by atoms with Gasteiger partial charge in [0.1, 0.15) is 5.75 Å². The Morgan fingerprint density at radius 1 is 1.50 bits per heavy atom. The van der Waals surface area contributed by atoms with Crippen LogP contribution in [0.3, 0.4) is 0 Å². The van der Waals surface area contributed by atoms with Gasteiger partial charge < -0.3 is 9.84 Å². The van der Waals surface area contributed by atoms with Gasteiger partial charge in [0.25, 0.3) is 0 Å². The first-order valence-corrected chi connectivity index (χ1v) is 4.20. The Labute approximate surface area is 82.3 Å². The van der Waals surface area contributed by atoms with Gasteiger partial charge in [0.05, 0.1) is 12.2 Å². The molecule has 0 atom stereocenters. The van der Waals surface area contributed by atoms with Crippen molar-refractivity contribution in [3.05, 3.63) is 29.8 Å². The Hall–Kier alpha value is -1.95. The molecule has 1 aromatic carbocycles. The zero-order valence-corrected chi connectivity index (χ0v) is 7.78. The standard InChI is InChI=1S/C11H10O3/c1-2-14-10-6-4-3-5-9(10)7-8-11(12)13/h3-6H,2H2,1H3,(H,12,13). The molecule has 1 aromatic rings. The molecule has 72 valence electrons. The molecule has 0 amide bonds. The highest BCUT2D eigenvalue weighted by molar-refractivity contribution is 5.87. The molecule has 0 aliphatic heterocycles. The Morgan fingerprint density at radius 3 is 2.86 bits per heavy atom. The molecule has 14 heavy (non-hydrogen) atoms. The van der Waals surface area contributed by atoms with Crippen molar-refractivity contribution in [2.75, 3.05) is 6.61 Å². The zero-order valence-electron chi connectivity index (χ0n) is 7.78. The number of rotatable bonds is 2. The molecule has 0 aromatic heterocycles. The van der Waals surface area contributed by atoms with Gasteiger partial charge in [-0.3, -0.25) is 0 Å². The Morgan fingerprint density at radius 2 is 2.21 bits per heavy atom. The van der Waals surface area contributed by atoms with E-state index >= 15 is 0 Å². The Kier molecular flexibility index (Phi) is 3.57. The van der Waals surface area contributed by atoms with Crippen LogP contribution in [0, 0.1) is 11.8 Å². The summed E-state index contributed by atoms with van der Waals surface area (Å²) in [5.41, 5.74) is 0.594. The van der Waals surface area contributed by atoms with Crippen molar-refractivity contribution in [3.8, 4) is 17.6 Å². The lowest BCUT2D eigenvalue weighted by Crippen LogP contribution is -1.94. The number of carboxylic acids is 1. The summed E-state index contributed by atoms with van der Waals surface area (Å²) in [5.74, 6) is 4.04. The molecule has 0 saturated heterocycles. The predicted molar refractivity (Wildman–Crippen MR) is 52.1 cm³/mol. The second-order valence-corrected chi connectivity index (χ2v) is 2.48. The number of hydrogen-bond acceptors (Lipinski definition) is 2. The van der Waals surface area contributed by atoms with Crippen LogP contribution in [-0.4, -0.2) is 17.7 Å². The largest absolute Gasteiger partial charge is 0.493 e. The van der Waals surface area contributed by atoms with Crippen LogP contribution < -0.4 is 4.74 Å². The lowest BCUT2D eigenvalue weighted by Gasteiger charge is -2.03. The molecule has 0 unspecified atom stereocenters. The molecular formula is C11H10O3. The van der Waals surface area contributed by atoms with Crippen molar-refractivity contribution < 1.29 is 14.6 Å². The van der Waals surface area contributed by atoms with Gasteiger partial charge in [-0.25, -0.2) is 4.79 Å². The quantitative estimate of drug-likeness (QED) is 0.719. The molecule has 1 rings (SSSR count). The summed E-state index contributed by atoms with van der Waals surface area (Å²) in [6, 6.07) is 7.08. The van der Waals surface area contributed by atoms with E-state index in [9.17, 15) is 4.79 Å². The van der Waals surface area contributed by atoms with E-state index in [1.54, 1.807) is 18.2 Å². The van der Waals surface area contributed by atoms with Crippen LogP contribution in [0.1, 0.15) is 12.5 Å². The van der Waals surface area contributed by atoms with Crippen molar-refractivity contribution in [2.45, 2.75) is 6.92 Å². The molecule has 0 spiro atoms. The lowest BCUT2D eigenvalue weighted by molar-refractivity contribution is -0.130. The molecule has 0 heterocycles. The van der Waals surface area contributed by atoms with Crippen LogP contribution >= 0.6 is 0 Å². The van der Waals surface area contributed by atoms with E-state index in [0.29, 0.717) is 17.9 Å². The first-order valence-electron chi connectivity index (χ1n) is 4.20. The summed E-state index contributed by atoms with van der Waals surface area (Å²) in [4.78, 5) is 10.2. The molecule has 3 heteroatoms. The highest BCUT2D eigenvalue weighted by atomic mass is 16.5. The van der Waals surface area contributed by atoms with E-state index in [0.717, 1.165) is 0 Å². The van der Waals surface area contributed by atoms with E-state index in [-0.39, 0.29) is 0 Å². The van der Waals surface area contributed by atoms with Crippen LogP contribution in [0.25, 0.3) is 0 Å². The van der Waals surface area contributed by atoms with Crippen LogP contribution in [0.5, 0.6) is 5.75 Å². The summed E-state index contributed by atoms with van der Waals surface area (Å²) < 4.78 is 5.27. The van der Waals surface area contributed by atoms with E-state index in [2.05, 4.69) is 5.92 Å². The molecule has 0 bridgehead atoms. The molecule has 0 radical (unpaired) electrons. The molecule has 1 N–H and O–H groups in total. The van der Waals surface area contributed by atoms with Gasteiger partial charge in [0.2, 0.25) is 0 Å². The minimum atomic E-state index is -1.14. The maximum Gasteiger partial charge on any atom is 0.382 e. The smallest absolute Gasteiger partial charge is 0.382 e. The van der Waals surface area contributed by atoms with Crippen molar-refractivity contribution in [3.63, 3.8) is 0 Å². The third-order valence-electron chi connectivity index (χ3n) is 1.49. The van der Waals surface area contributed by atoms with Crippen LogP contribution in [0.15, 0.2) is 24.3 Å². The number of aliphatic carboxylic acids is 1. The van der Waals surface area contributed by atoms with E-state index < -0.39 is 5.97 Å². The van der Waals surface area contributed by atoms with Crippen LogP contribution in [-0.2, 0) is 4.79 Å². The molecular weight excluding hydrogens is 180 g/mol. The zero-order chi connectivity index (χ0) is 10.4. The molecule has 3 nitrogen and oxygen atoms in total. The fraction of sp³-hybridized carbons (Fsp3) is 0.182. The topological polar surface area (TPSA) is 46.5 Å². The van der Waals surface area contributed by atoms with E-state index in [1.807, 2.05) is 18.9 Å². The number of benzene rings is 1. The number of ether oxygens (including phenoxy) is 1. The summed E-state index contributed by atoms with van der Waals surface area (Å²) in [6.07, 6.45) is 0. The molecule has 0 saturated carbocycles. The van der Waals surface area contributed by atoms with Gasteiger partial charge >= 0.3 is 5.97 Å². The highest BCUT2D eigenvalue weighted by Crippen LogP contribution is 2.16. The normalized spacial score (nSPS) is 8.64. The van der Waals surface area contributed by atoms with Crippen molar-refractivity contribution in [1.82, 2.24) is 0 Å². The maximum atomic E-state index is 10.2. The molecule has 0 fully saturated rings. The van der Waals surface area contributed by atoms with Gasteiger partial charge in [-0.15, -0.1) is 0 Å². The summed E-state index contributed by atoms with van der Waals surface area (Å²) in [6.45, 7) is 2.40. The third-order valence-corrected chi connectivity index (χ3v) is 1.49. The Bertz CT molecular complexity index is 385. The predicted octanol–water partition coefficient (Wildman–Crippen LogP) is 1.52. The first kappa shape index (κ1) is 10.1. The number of carbonyl (C=O) groups is 1. The average molecular weight is 190 g/mol. The lowest BCUT2D eigenvalue weighted by atomic mass is 10.2. The second-order valence-electron chi connectivity index (χ2n) is 2.48. The summed E-state index contributed by atoms with van der Waals surface area (Å²) in [7, 11) is 0. The fourth-order valence-electron chi connectivity index (χ4n) is 0.972. The van der Waals surface area contributed by atoms with Crippen molar-refractivity contribution in [1.29, 1.82) is 0 Å². The summed E-state index contributed by atoms with van der Waals surface area (Å²) >= 11 is 0. The van der Waals surface area contributed by atoms with Gasteiger partial charge in [-0.1, -0.05) is 18.1 Å². The third kappa shape index (κ3) is 2.83. The minimum absolute atomic E-state index is 0.533.